The van der Waals surface area contributed by atoms with Crippen molar-refractivity contribution in [3.8, 4) is 11.9 Å². The molecule has 9 heteroatoms. The molecule has 2 saturated heterocycles. The second-order valence-corrected chi connectivity index (χ2v) is 9.62. The summed E-state index contributed by atoms with van der Waals surface area (Å²) in [5.41, 5.74) is 2.43. The fraction of sp³-hybridized carbons (Fsp3) is 0.480. The number of carbonyl (C=O) groups excluding carboxylic acids is 1. The van der Waals surface area contributed by atoms with Gasteiger partial charge in [0, 0.05) is 57.6 Å². The van der Waals surface area contributed by atoms with Crippen LogP contribution in [-0.4, -0.2) is 69.1 Å². The molecule has 3 aromatic rings. The standard InChI is InChI=1S/C25H30N8O/c1-17(2)11-22(34)32-10-9-31(14-18(32)3)24-23-20(30-7-4-8-30)15-33(25(23)29-16-28-24)21-12-19(13-26)5-6-27-21/h5-6,12,15-18H,4,7-11,14H2,1-3H3/t18-/m1/s1. The van der Waals surface area contributed by atoms with Crippen molar-refractivity contribution in [2.75, 3.05) is 42.5 Å². The van der Waals surface area contributed by atoms with Gasteiger partial charge < -0.3 is 14.7 Å². The third-order valence-electron chi connectivity index (χ3n) is 6.69. The van der Waals surface area contributed by atoms with Gasteiger partial charge in [0.2, 0.25) is 5.91 Å². The first kappa shape index (κ1) is 22.1. The highest BCUT2D eigenvalue weighted by Crippen LogP contribution is 2.38. The Morgan fingerprint density at radius 2 is 2.00 bits per heavy atom. The van der Waals surface area contributed by atoms with E-state index in [0.29, 0.717) is 30.3 Å². The van der Waals surface area contributed by atoms with E-state index in [1.54, 1.807) is 24.7 Å². The fourth-order valence-corrected chi connectivity index (χ4v) is 4.85. The molecule has 0 saturated carbocycles. The van der Waals surface area contributed by atoms with Crippen molar-refractivity contribution in [3.05, 3.63) is 36.4 Å². The molecule has 2 fully saturated rings. The molecule has 34 heavy (non-hydrogen) atoms. The van der Waals surface area contributed by atoms with Gasteiger partial charge in [0.1, 0.15) is 18.0 Å². The minimum absolute atomic E-state index is 0.105. The van der Waals surface area contributed by atoms with E-state index in [2.05, 4.69) is 52.8 Å². The number of aromatic nitrogens is 4. The Labute approximate surface area is 199 Å². The van der Waals surface area contributed by atoms with E-state index in [4.69, 9.17) is 4.98 Å². The van der Waals surface area contributed by atoms with Crippen molar-refractivity contribution in [1.82, 2.24) is 24.4 Å². The van der Waals surface area contributed by atoms with E-state index in [1.165, 1.54) is 0 Å². The van der Waals surface area contributed by atoms with E-state index >= 15 is 0 Å². The summed E-state index contributed by atoms with van der Waals surface area (Å²) in [5, 5.41) is 10.4. The summed E-state index contributed by atoms with van der Waals surface area (Å²) in [4.78, 5) is 33.2. The van der Waals surface area contributed by atoms with Gasteiger partial charge in [-0.3, -0.25) is 9.36 Å². The number of amides is 1. The van der Waals surface area contributed by atoms with E-state index in [9.17, 15) is 10.1 Å². The lowest BCUT2D eigenvalue weighted by atomic mass is 10.1. The summed E-state index contributed by atoms with van der Waals surface area (Å²) in [6.07, 6.45) is 7.06. The van der Waals surface area contributed by atoms with Crippen LogP contribution in [0.3, 0.4) is 0 Å². The fourth-order valence-electron chi connectivity index (χ4n) is 4.85. The van der Waals surface area contributed by atoms with Crippen LogP contribution in [0, 0.1) is 17.2 Å². The number of nitriles is 1. The van der Waals surface area contributed by atoms with Gasteiger partial charge in [-0.15, -0.1) is 0 Å². The Balaban J connectivity index is 1.53. The number of fused-ring (bicyclic) bond motifs is 1. The highest BCUT2D eigenvalue weighted by atomic mass is 16.2. The van der Waals surface area contributed by atoms with Crippen molar-refractivity contribution in [1.29, 1.82) is 5.26 Å². The average molecular weight is 459 g/mol. The number of anilines is 2. The summed E-state index contributed by atoms with van der Waals surface area (Å²) < 4.78 is 1.96. The number of carbonyl (C=O) groups is 1. The second-order valence-electron chi connectivity index (χ2n) is 9.62. The molecular formula is C25H30N8O. The lowest BCUT2D eigenvalue weighted by Crippen LogP contribution is -2.54. The minimum Gasteiger partial charge on any atom is -0.369 e. The Morgan fingerprint density at radius 1 is 1.18 bits per heavy atom. The third-order valence-corrected chi connectivity index (χ3v) is 6.69. The van der Waals surface area contributed by atoms with E-state index in [0.717, 1.165) is 55.1 Å². The first-order valence-corrected chi connectivity index (χ1v) is 12.0. The second kappa shape index (κ2) is 8.93. The number of hydrogen-bond donors (Lipinski definition) is 0. The first-order chi connectivity index (χ1) is 16.5. The average Bonchev–Trinajstić information content (AvgIpc) is 3.16. The summed E-state index contributed by atoms with van der Waals surface area (Å²) in [6.45, 7) is 10.4. The Hall–Kier alpha value is -3.67. The summed E-state index contributed by atoms with van der Waals surface area (Å²) in [5.74, 6) is 2.14. The molecule has 5 rings (SSSR count). The largest absolute Gasteiger partial charge is 0.369 e. The molecule has 3 aromatic heterocycles. The molecule has 0 spiro atoms. The van der Waals surface area contributed by atoms with Gasteiger partial charge >= 0.3 is 0 Å². The van der Waals surface area contributed by atoms with Crippen LogP contribution >= 0.6 is 0 Å². The molecule has 9 nitrogen and oxygen atoms in total. The molecule has 0 aliphatic carbocycles. The smallest absolute Gasteiger partial charge is 0.223 e. The maximum absolute atomic E-state index is 12.7. The van der Waals surface area contributed by atoms with Gasteiger partial charge in [-0.1, -0.05) is 13.8 Å². The maximum atomic E-state index is 12.7. The molecule has 0 N–H and O–H groups in total. The number of piperazine rings is 1. The molecule has 0 aromatic carbocycles. The molecule has 0 bridgehead atoms. The predicted octanol–water partition coefficient (Wildman–Crippen LogP) is 2.98. The van der Waals surface area contributed by atoms with Crippen molar-refractivity contribution in [2.24, 2.45) is 5.92 Å². The van der Waals surface area contributed by atoms with Gasteiger partial charge in [0.25, 0.3) is 0 Å². The van der Waals surface area contributed by atoms with Crippen LogP contribution in [0.15, 0.2) is 30.9 Å². The Kier molecular flexibility index (Phi) is 5.82. The van der Waals surface area contributed by atoms with Gasteiger partial charge in [0.15, 0.2) is 5.65 Å². The molecule has 176 valence electrons. The molecule has 5 heterocycles. The van der Waals surface area contributed by atoms with Crippen molar-refractivity contribution >= 4 is 28.4 Å². The maximum Gasteiger partial charge on any atom is 0.223 e. The van der Waals surface area contributed by atoms with Crippen LogP contribution in [0.1, 0.15) is 39.2 Å². The molecule has 2 aliphatic rings. The van der Waals surface area contributed by atoms with E-state index in [-0.39, 0.29) is 11.9 Å². The van der Waals surface area contributed by atoms with Gasteiger partial charge in [0.05, 0.1) is 22.7 Å². The van der Waals surface area contributed by atoms with Crippen molar-refractivity contribution in [2.45, 2.75) is 39.7 Å². The highest BCUT2D eigenvalue weighted by molar-refractivity contribution is 6.01. The molecule has 1 amide bonds. The van der Waals surface area contributed by atoms with Gasteiger partial charge in [-0.05, 0) is 31.4 Å². The molecule has 1 atom stereocenters. The predicted molar refractivity (Wildman–Crippen MR) is 131 cm³/mol. The minimum atomic E-state index is 0.105. The zero-order valence-corrected chi connectivity index (χ0v) is 20.0. The van der Waals surface area contributed by atoms with Crippen molar-refractivity contribution < 1.29 is 4.79 Å². The van der Waals surface area contributed by atoms with Crippen LogP contribution in [0.4, 0.5) is 11.5 Å². The van der Waals surface area contributed by atoms with Gasteiger partial charge in [-0.25, -0.2) is 15.0 Å². The molecule has 0 radical (unpaired) electrons. The Bertz CT molecular complexity index is 1260. The van der Waals surface area contributed by atoms with Crippen LogP contribution in [0.25, 0.3) is 16.9 Å². The van der Waals surface area contributed by atoms with E-state index < -0.39 is 0 Å². The highest BCUT2D eigenvalue weighted by Gasteiger charge is 2.31. The lowest BCUT2D eigenvalue weighted by molar-refractivity contribution is -0.134. The summed E-state index contributed by atoms with van der Waals surface area (Å²) >= 11 is 0. The SMILES string of the molecule is CC(C)CC(=O)N1CCN(c2ncnc3c2c(N2CCC2)cn3-c2cc(C#N)ccn2)C[C@H]1C. The normalized spacial score (nSPS) is 18.3. The lowest BCUT2D eigenvalue weighted by Gasteiger charge is -2.41. The monoisotopic (exact) mass is 458 g/mol. The third kappa shape index (κ3) is 3.94. The Morgan fingerprint density at radius 3 is 2.68 bits per heavy atom. The number of nitrogens with zero attached hydrogens (tertiary/aromatic N) is 8. The number of hydrogen-bond acceptors (Lipinski definition) is 7. The van der Waals surface area contributed by atoms with Crippen LogP contribution < -0.4 is 9.80 Å². The summed E-state index contributed by atoms with van der Waals surface area (Å²) in [6, 6.07) is 5.78. The van der Waals surface area contributed by atoms with Crippen molar-refractivity contribution in [3.63, 3.8) is 0 Å². The molecule has 0 unspecified atom stereocenters. The van der Waals surface area contributed by atoms with Gasteiger partial charge in [-0.2, -0.15) is 5.26 Å². The molecule has 2 aliphatic heterocycles. The zero-order chi connectivity index (χ0) is 23.8. The van der Waals surface area contributed by atoms with Crippen LogP contribution in [0.5, 0.6) is 0 Å². The first-order valence-electron chi connectivity index (χ1n) is 12.0. The number of rotatable bonds is 5. The molecular weight excluding hydrogens is 428 g/mol. The quantitative estimate of drug-likeness (QED) is 0.580. The summed E-state index contributed by atoms with van der Waals surface area (Å²) in [7, 11) is 0. The topological polar surface area (TPSA) is 94.2 Å². The van der Waals surface area contributed by atoms with E-state index in [1.807, 2.05) is 9.47 Å². The van der Waals surface area contributed by atoms with Crippen LogP contribution in [0.2, 0.25) is 0 Å². The zero-order valence-electron chi connectivity index (χ0n) is 20.0. The number of pyridine rings is 1. The van der Waals surface area contributed by atoms with Crippen LogP contribution in [-0.2, 0) is 4.79 Å².